The molecule has 3 aromatic carbocycles. The van der Waals surface area contributed by atoms with Crippen molar-refractivity contribution in [3.05, 3.63) is 114 Å². The molecule has 2 atom stereocenters. The van der Waals surface area contributed by atoms with Gasteiger partial charge in [0.25, 0.3) is 5.91 Å². The normalized spacial score (nSPS) is 12.3. The number of Topliss-reactive ketones (excluding diaryl/α,β-unsaturated/α-hetero) is 1. The number of sulfone groups is 1. The topological polar surface area (TPSA) is 351 Å². The molecule has 0 radical (unpaired) electrons. The average molecular weight is 1610 g/mol. The van der Waals surface area contributed by atoms with E-state index in [1.54, 1.807) is 43.9 Å². The van der Waals surface area contributed by atoms with Gasteiger partial charge in [0.1, 0.15) is 54.6 Å². The first-order valence-corrected chi connectivity index (χ1v) is 41.9. The predicted octanol–water partition coefficient (Wildman–Crippen LogP) is 8.20. The number of fused-ring (bicyclic) bond motifs is 2. The second-order valence-electron chi connectivity index (χ2n) is 26.9. The Morgan fingerprint density at radius 2 is 1.27 bits per heavy atom. The van der Waals surface area contributed by atoms with Crippen LogP contribution in [0.15, 0.2) is 105 Å². The molecule has 0 saturated carbocycles. The lowest BCUT2D eigenvalue weighted by Crippen LogP contribution is -2.51. The highest BCUT2D eigenvalue weighted by atomic mass is 32.2. The second kappa shape index (κ2) is 50.1. The van der Waals surface area contributed by atoms with Crippen LogP contribution in [0, 0.1) is 12.8 Å². The third-order valence-electron chi connectivity index (χ3n) is 18.2. The fourth-order valence-corrected chi connectivity index (χ4v) is 15.4. The molecular formula is C79H118FN12O18S2+. The van der Waals surface area contributed by atoms with Gasteiger partial charge in [-0.05, 0) is 152 Å². The van der Waals surface area contributed by atoms with Gasteiger partial charge in [0.15, 0.2) is 9.84 Å². The number of ether oxygens (including phenoxy) is 8. The van der Waals surface area contributed by atoms with Crippen molar-refractivity contribution in [3.63, 3.8) is 0 Å². The Bertz CT molecular complexity index is 4250. The van der Waals surface area contributed by atoms with Gasteiger partial charge in [-0.15, -0.1) is 10.2 Å². The van der Waals surface area contributed by atoms with Gasteiger partial charge >= 0.3 is 0 Å². The molecule has 5 aromatic rings. The number of halogens is 1. The summed E-state index contributed by atoms with van der Waals surface area (Å²) in [7, 11) is -6.28. The first-order chi connectivity index (χ1) is 54.0. The maximum absolute atomic E-state index is 13.8. The van der Waals surface area contributed by atoms with Crippen LogP contribution in [-0.4, -0.2) is 237 Å². The molecule has 0 bridgehead atoms. The number of rotatable bonds is 55. The second-order valence-corrected chi connectivity index (χ2v) is 30.9. The fraction of sp³-hybridized carbons (Fsp3) is 0.582. The van der Waals surface area contributed by atoms with Crippen molar-refractivity contribution in [2.45, 2.75) is 162 Å². The molecule has 0 fully saturated rings. The van der Waals surface area contributed by atoms with Gasteiger partial charge in [-0.25, -0.2) is 36.3 Å². The van der Waals surface area contributed by atoms with Crippen molar-refractivity contribution in [2.75, 3.05) is 150 Å². The number of hydroxylamine groups is 1. The summed E-state index contributed by atoms with van der Waals surface area (Å²) in [5.41, 5.74) is 8.25. The number of alkyl halides is 1. The maximum Gasteiger partial charge on any atom is 0.262 e. The Morgan fingerprint density at radius 3 is 1.88 bits per heavy atom. The number of amides is 3. The van der Waals surface area contributed by atoms with E-state index in [2.05, 4.69) is 112 Å². The zero-order valence-corrected chi connectivity index (χ0v) is 68.5. The van der Waals surface area contributed by atoms with Crippen molar-refractivity contribution in [1.82, 2.24) is 55.0 Å². The molecule has 2 aliphatic rings. The van der Waals surface area contributed by atoms with E-state index in [-0.39, 0.29) is 87.3 Å². The standard InChI is InChI=1S/C40H57N2O7S.C39H61FN10O11S/c1-7-19-45-21-23-47-25-26-48-24-22-46-20-12-27-50(43,44)34-15-18-35(31(6)28-34)40-36-16-13-32(41(8-2)9-3)29-38(36)49-39-30-33(14-17-37(39)40)42(10-4)11-5;1-29(2)37(39(54)45-55)50(62(56,57)34-14-12-33(58-4)13-15-34)27-32-26-48(46-44-32)18-20-60-22-24-61-23-21-59-19-17-41-38(53)35(11-7-5-6-9-30(3)51)42-36(52)28-49-25-31(43-47-49)10-8-16-40/h13-18,28-30H,7-12,19-27H2,1-6H3;12-15,25-26,29,35,37,55H,5-11,16-24,27-28H2,1-4H3,(H,41,53)(H,42,52)(H,45,54)/q+1;/t;35?,37-/m.1/s1. The molecule has 0 saturated heterocycles. The van der Waals surface area contributed by atoms with Crippen molar-refractivity contribution in [1.29, 1.82) is 0 Å². The van der Waals surface area contributed by atoms with Gasteiger partial charge < -0.3 is 62.6 Å². The van der Waals surface area contributed by atoms with Crippen LogP contribution in [0.25, 0.3) is 33.4 Å². The number of nitrogens with zero attached hydrogens (tertiary/aromatic N) is 9. The van der Waals surface area contributed by atoms with E-state index in [0.717, 1.165) is 100.0 Å². The van der Waals surface area contributed by atoms with Gasteiger partial charge in [-0.1, -0.05) is 50.1 Å². The van der Waals surface area contributed by atoms with Crippen LogP contribution in [0.4, 0.5) is 10.1 Å². The number of benzene rings is 4. The van der Waals surface area contributed by atoms with Crippen LogP contribution < -0.4 is 35.7 Å². The molecule has 1 unspecified atom stereocenters. The number of aryl methyl sites for hydroxylation is 2. The van der Waals surface area contributed by atoms with Crippen molar-refractivity contribution < 1.29 is 87.9 Å². The lowest BCUT2D eigenvalue weighted by Gasteiger charge is -2.31. The number of nitrogens with one attached hydrogen (secondary N) is 3. The number of carbonyl (C=O) groups is 4. The maximum atomic E-state index is 13.8. The Balaban J connectivity index is 0.000000357. The highest BCUT2D eigenvalue weighted by molar-refractivity contribution is 7.91. The van der Waals surface area contributed by atoms with Crippen molar-refractivity contribution in [3.8, 4) is 28.2 Å². The Hall–Kier alpha value is -8.22. The summed E-state index contributed by atoms with van der Waals surface area (Å²) in [6.45, 7) is 26.4. The highest BCUT2D eigenvalue weighted by Gasteiger charge is 2.39. The molecule has 0 spiro atoms. The number of unbranched alkanes of at least 4 members (excludes halogenated alkanes) is 2. The van der Waals surface area contributed by atoms with Crippen LogP contribution in [0.3, 0.4) is 0 Å². The number of carbonyl (C=O) groups excluding carboxylic acids is 4. The summed E-state index contributed by atoms with van der Waals surface area (Å²) in [5.74, 6) is -0.819. The Kier molecular flexibility index (Phi) is 41.4. The Morgan fingerprint density at radius 1 is 0.661 bits per heavy atom. The van der Waals surface area contributed by atoms with Gasteiger partial charge in [0, 0.05) is 86.0 Å². The van der Waals surface area contributed by atoms with Gasteiger partial charge in [0.2, 0.25) is 27.2 Å². The smallest absolute Gasteiger partial charge is 0.262 e. The van der Waals surface area contributed by atoms with E-state index in [1.807, 2.05) is 13.0 Å². The van der Waals surface area contributed by atoms with Crippen LogP contribution in [0.2, 0.25) is 0 Å². The van der Waals surface area contributed by atoms with Crippen LogP contribution in [0.5, 0.6) is 5.75 Å². The van der Waals surface area contributed by atoms with E-state index in [9.17, 15) is 45.6 Å². The van der Waals surface area contributed by atoms with Gasteiger partial charge in [-0.3, -0.25) is 24.0 Å². The molecule has 3 heterocycles. The first-order valence-electron chi connectivity index (χ1n) is 38.8. The fourth-order valence-electron chi connectivity index (χ4n) is 12.3. The molecule has 33 heteroatoms. The summed E-state index contributed by atoms with van der Waals surface area (Å²) >= 11 is 0. The van der Waals surface area contributed by atoms with E-state index in [4.69, 9.17) is 42.3 Å². The zero-order valence-electron chi connectivity index (χ0n) is 66.8. The Labute approximate surface area is 658 Å². The van der Waals surface area contributed by atoms with E-state index < -0.39 is 56.4 Å². The van der Waals surface area contributed by atoms with E-state index in [0.29, 0.717) is 114 Å². The van der Waals surface area contributed by atoms with Gasteiger partial charge in [0.05, 0.1) is 139 Å². The number of anilines is 1. The SMILES string of the molecule is CCCOCCOCCOCCOCCCS(=O)(=O)c1ccc(-c2c3ccc(=[N+](CC)CC)cc-3oc3cc(N(CC)CC)ccc23)c(C)c1.COc1ccc(S(=O)(=O)N(Cc2cn(CCOCCOCCOCCNC(=O)C(CCCCCC(C)=O)NC(=O)Cn3cc(CCCF)nn3)nn2)[C@@H](C(=O)NO)C(C)C)cc1. The molecule has 7 rings (SSSR count). The quantitative estimate of drug-likeness (QED) is 0.00917. The third-order valence-corrected chi connectivity index (χ3v) is 21.9. The number of ketones is 1. The number of hydrogen-bond donors (Lipinski definition) is 4. The minimum atomic E-state index is -4.25. The largest absolute Gasteiger partial charge is 0.497 e. The summed E-state index contributed by atoms with van der Waals surface area (Å²) in [4.78, 5) is 52.3. The summed E-state index contributed by atoms with van der Waals surface area (Å²) in [6, 6.07) is 22.0. The van der Waals surface area contributed by atoms with E-state index >= 15 is 0 Å². The van der Waals surface area contributed by atoms with Crippen molar-refractivity contribution >= 4 is 60.0 Å². The monoisotopic (exact) mass is 1610 g/mol. The lowest BCUT2D eigenvalue weighted by atomic mass is 9.91. The summed E-state index contributed by atoms with van der Waals surface area (Å²) in [6.07, 6.45) is 8.16. The molecule has 4 N–H and O–H groups in total. The van der Waals surface area contributed by atoms with Crippen molar-refractivity contribution in [2.24, 2.45) is 5.92 Å². The number of hydrogen-bond acceptors (Lipinski definition) is 23. The predicted molar refractivity (Wildman–Crippen MR) is 423 cm³/mol. The van der Waals surface area contributed by atoms with Gasteiger partial charge in [-0.2, -0.15) is 4.31 Å². The number of methoxy groups -OCH3 is 1. The van der Waals surface area contributed by atoms with Crippen LogP contribution >= 0.6 is 0 Å². The number of sulfonamides is 1. The van der Waals surface area contributed by atoms with Crippen LogP contribution in [0.1, 0.15) is 124 Å². The molecule has 1 aliphatic heterocycles. The molecule has 3 amide bonds. The zero-order chi connectivity index (χ0) is 81.3. The molecule has 30 nitrogen and oxygen atoms in total. The van der Waals surface area contributed by atoms with E-state index in [1.165, 1.54) is 47.7 Å². The third kappa shape index (κ3) is 30.3. The van der Waals surface area contributed by atoms with Crippen LogP contribution in [-0.2, 0) is 98.3 Å². The molecule has 620 valence electrons. The molecule has 1 aliphatic carbocycles. The summed E-state index contributed by atoms with van der Waals surface area (Å²) in [5, 5.41) is 33.1. The summed E-state index contributed by atoms with van der Waals surface area (Å²) < 4.78 is 123. The number of aromatic nitrogens is 6. The molecular weight excluding hydrogens is 1490 g/mol. The minimum absolute atomic E-state index is 0.0128. The molecule has 112 heavy (non-hydrogen) atoms. The molecule has 2 aromatic heterocycles. The lowest BCUT2D eigenvalue weighted by molar-refractivity contribution is -0.134. The minimum Gasteiger partial charge on any atom is -0.497 e. The average Bonchev–Trinajstić information content (AvgIpc) is 0.847. The first kappa shape index (κ1) is 92.6. The highest BCUT2D eigenvalue weighted by Crippen LogP contribution is 2.42.